The number of anilines is 2. The SMILES string of the molecule is CCOC1OC(C(=O)NCCCCC(=O)Nc2ccccc2N)=CC(c2cccc3c2Cc2ccccc2-3)C1CCOCCOCCO. The van der Waals surface area contributed by atoms with Crippen molar-refractivity contribution in [1.29, 1.82) is 0 Å². The Labute approximate surface area is 282 Å². The molecule has 1 aliphatic carbocycles. The number of aliphatic hydroxyl groups excluding tert-OH is 1. The predicted octanol–water partition coefficient (Wildman–Crippen LogP) is 5.16. The van der Waals surface area contributed by atoms with Crippen LogP contribution in [0, 0.1) is 5.92 Å². The van der Waals surface area contributed by atoms with Crippen molar-refractivity contribution in [2.24, 2.45) is 5.92 Å². The Kier molecular flexibility index (Phi) is 13.0. The maximum atomic E-state index is 13.5. The summed E-state index contributed by atoms with van der Waals surface area (Å²) in [5.41, 5.74) is 13.2. The second-order valence-electron chi connectivity index (χ2n) is 12.0. The smallest absolute Gasteiger partial charge is 0.286 e. The van der Waals surface area contributed by atoms with Crippen LogP contribution in [0.3, 0.4) is 0 Å². The van der Waals surface area contributed by atoms with Crippen LogP contribution >= 0.6 is 0 Å². The maximum absolute atomic E-state index is 13.5. The Morgan fingerprint density at radius 1 is 0.938 bits per heavy atom. The standard InChI is InChI=1S/C38H47N3O7/c1-2-47-38-30(17-20-45-22-23-46-21-19-42)32(29-13-9-12-28-27-11-4-3-10-26(27)24-31(28)29)25-35(48-38)37(44)40-18-8-7-16-36(43)41-34-15-6-5-14-33(34)39/h3-6,9-15,25,30,32,38,42H,2,7-8,16-24,39H2,1H3,(H,40,44)(H,41,43). The number of allylic oxidation sites excluding steroid dienone is 1. The third kappa shape index (κ3) is 9.02. The van der Waals surface area contributed by atoms with E-state index in [4.69, 9.17) is 29.8 Å². The highest BCUT2D eigenvalue weighted by molar-refractivity contribution is 5.94. The van der Waals surface area contributed by atoms with Crippen LogP contribution in [-0.2, 0) is 35.0 Å². The van der Waals surface area contributed by atoms with E-state index in [1.807, 2.05) is 25.1 Å². The first-order valence-corrected chi connectivity index (χ1v) is 16.9. The van der Waals surface area contributed by atoms with E-state index >= 15 is 0 Å². The summed E-state index contributed by atoms with van der Waals surface area (Å²) in [5.74, 6) is -0.447. The first-order valence-electron chi connectivity index (χ1n) is 16.9. The van der Waals surface area contributed by atoms with Crippen molar-refractivity contribution < 1.29 is 33.6 Å². The van der Waals surface area contributed by atoms with Crippen LogP contribution in [0.5, 0.6) is 0 Å². The molecule has 0 aromatic heterocycles. The maximum Gasteiger partial charge on any atom is 0.286 e. The molecule has 5 N–H and O–H groups in total. The highest BCUT2D eigenvalue weighted by Gasteiger charge is 2.39. The minimum absolute atomic E-state index is 0.0213. The largest absolute Gasteiger partial charge is 0.459 e. The van der Waals surface area contributed by atoms with E-state index in [-0.39, 0.29) is 42.6 Å². The lowest BCUT2D eigenvalue weighted by Crippen LogP contribution is -2.39. The summed E-state index contributed by atoms with van der Waals surface area (Å²) in [5, 5.41) is 14.8. The fourth-order valence-electron chi connectivity index (χ4n) is 6.42. The molecule has 2 aliphatic rings. The molecule has 0 fully saturated rings. The number of fused-ring (bicyclic) bond motifs is 3. The van der Waals surface area contributed by atoms with Crippen LogP contribution < -0.4 is 16.4 Å². The van der Waals surface area contributed by atoms with Gasteiger partial charge in [0.25, 0.3) is 5.91 Å². The molecule has 10 nitrogen and oxygen atoms in total. The summed E-state index contributed by atoms with van der Waals surface area (Å²) < 4.78 is 23.6. The average Bonchev–Trinajstić information content (AvgIpc) is 3.48. The molecular formula is C38H47N3O7. The number of carbonyl (C=O) groups excluding carboxylic acids is 2. The summed E-state index contributed by atoms with van der Waals surface area (Å²) in [6.07, 6.45) is 4.31. The van der Waals surface area contributed by atoms with Crippen molar-refractivity contribution in [3.8, 4) is 11.1 Å². The predicted molar refractivity (Wildman–Crippen MR) is 185 cm³/mol. The topological polar surface area (TPSA) is 141 Å². The zero-order chi connectivity index (χ0) is 33.7. The van der Waals surface area contributed by atoms with Gasteiger partial charge < -0.3 is 40.4 Å². The molecule has 3 aromatic carbocycles. The number of rotatable bonds is 18. The third-order valence-electron chi connectivity index (χ3n) is 8.74. The molecule has 10 heteroatoms. The van der Waals surface area contributed by atoms with E-state index in [2.05, 4.69) is 53.1 Å². The lowest BCUT2D eigenvalue weighted by Gasteiger charge is -2.37. The number of unbranched alkanes of at least 4 members (excludes halogenated alkanes) is 1. The lowest BCUT2D eigenvalue weighted by atomic mass is 9.78. The van der Waals surface area contributed by atoms with Gasteiger partial charge in [-0.1, -0.05) is 54.6 Å². The number of aliphatic hydroxyl groups is 1. The van der Waals surface area contributed by atoms with Gasteiger partial charge >= 0.3 is 0 Å². The number of nitrogen functional groups attached to an aromatic ring is 1. The highest BCUT2D eigenvalue weighted by Crippen LogP contribution is 2.45. The Hall–Kier alpha value is -4.22. The van der Waals surface area contributed by atoms with Gasteiger partial charge in [-0.05, 0) is 78.6 Å². The molecule has 3 atom stereocenters. The third-order valence-corrected chi connectivity index (χ3v) is 8.74. The van der Waals surface area contributed by atoms with Crippen LogP contribution in [0.1, 0.15) is 55.2 Å². The molecule has 3 unspecified atom stereocenters. The van der Waals surface area contributed by atoms with Gasteiger partial charge in [0.15, 0.2) is 5.76 Å². The van der Waals surface area contributed by atoms with E-state index in [1.165, 1.54) is 22.3 Å². The molecular weight excluding hydrogens is 610 g/mol. The van der Waals surface area contributed by atoms with Crippen LogP contribution in [-0.4, -0.2) is 69.4 Å². The number of para-hydroxylation sites is 2. The average molecular weight is 658 g/mol. The Morgan fingerprint density at radius 2 is 1.71 bits per heavy atom. The van der Waals surface area contributed by atoms with E-state index in [9.17, 15) is 9.59 Å². The van der Waals surface area contributed by atoms with E-state index in [0.29, 0.717) is 70.0 Å². The van der Waals surface area contributed by atoms with Crippen molar-refractivity contribution in [2.45, 2.75) is 51.2 Å². The van der Waals surface area contributed by atoms with Crippen LogP contribution in [0.25, 0.3) is 11.1 Å². The Morgan fingerprint density at radius 3 is 2.52 bits per heavy atom. The van der Waals surface area contributed by atoms with Crippen molar-refractivity contribution in [1.82, 2.24) is 5.32 Å². The van der Waals surface area contributed by atoms with Gasteiger partial charge in [0.05, 0.1) is 37.8 Å². The highest BCUT2D eigenvalue weighted by atomic mass is 16.7. The Bertz CT molecular complexity index is 1560. The molecule has 0 radical (unpaired) electrons. The quantitative estimate of drug-likeness (QED) is 0.0850. The summed E-state index contributed by atoms with van der Waals surface area (Å²) >= 11 is 0. The number of amides is 2. The fraction of sp³-hybridized carbons (Fsp3) is 0.421. The number of hydrogen-bond acceptors (Lipinski definition) is 8. The molecule has 3 aromatic rings. The number of hydrogen-bond donors (Lipinski definition) is 4. The zero-order valence-electron chi connectivity index (χ0n) is 27.6. The number of benzene rings is 3. The van der Waals surface area contributed by atoms with Gasteiger partial charge in [-0.15, -0.1) is 0 Å². The summed E-state index contributed by atoms with van der Waals surface area (Å²) in [7, 11) is 0. The zero-order valence-corrected chi connectivity index (χ0v) is 27.6. The second-order valence-corrected chi connectivity index (χ2v) is 12.0. The van der Waals surface area contributed by atoms with Gasteiger partial charge in [-0.25, -0.2) is 0 Å². The first-order chi connectivity index (χ1) is 23.5. The molecule has 1 aliphatic heterocycles. The number of carbonyl (C=O) groups is 2. The Balaban J connectivity index is 1.27. The number of ether oxygens (including phenoxy) is 4. The van der Waals surface area contributed by atoms with Crippen LogP contribution in [0.2, 0.25) is 0 Å². The van der Waals surface area contributed by atoms with Gasteiger partial charge in [-0.3, -0.25) is 9.59 Å². The van der Waals surface area contributed by atoms with Crippen molar-refractivity contribution in [2.75, 3.05) is 57.2 Å². The molecule has 48 heavy (non-hydrogen) atoms. The molecule has 0 saturated heterocycles. The minimum Gasteiger partial charge on any atom is -0.459 e. The number of nitrogens with two attached hydrogens (primary N) is 1. The monoisotopic (exact) mass is 657 g/mol. The molecule has 0 saturated carbocycles. The molecule has 2 amide bonds. The van der Waals surface area contributed by atoms with E-state index < -0.39 is 6.29 Å². The lowest BCUT2D eigenvalue weighted by molar-refractivity contribution is -0.168. The van der Waals surface area contributed by atoms with Crippen LogP contribution in [0.15, 0.2) is 78.6 Å². The first kappa shape index (κ1) is 35.1. The summed E-state index contributed by atoms with van der Waals surface area (Å²) in [4.78, 5) is 25.9. The van der Waals surface area contributed by atoms with E-state index in [0.717, 1.165) is 12.0 Å². The molecule has 0 bridgehead atoms. The molecule has 0 spiro atoms. The second kappa shape index (κ2) is 17.8. The molecule has 5 rings (SSSR count). The van der Waals surface area contributed by atoms with Crippen LogP contribution in [0.4, 0.5) is 11.4 Å². The van der Waals surface area contributed by atoms with Gasteiger partial charge in [0.2, 0.25) is 12.2 Å². The fourth-order valence-corrected chi connectivity index (χ4v) is 6.42. The van der Waals surface area contributed by atoms with Gasteiger partial charge in [0, 0.05) is 38.0 Å². The van der Waals surface area contributed by atoms with Crippen molar-refractivity contribution in [3.05, 3.63) is 95.3 Å². The normalized spacial score (nSPS) is 18.0. The summed E-state index contributed by atoms with van der Waals surface area (Å²) in [6.45, 7) is 4.29. The molecule has 1 heterocycles. The molecule has 256 valence electrons. The van der Waals surface area contributed by atoms with Gasteiger partial charge in [0.1, 0.15) is 0 Å². The number of nitrogens with one attached hydrogen (secondary N) is 2. The minimum atomic E-state index is -0.645. The van der Waals surface area contributed by atoms with Gasteiger partial charge in [-0.2, -0.15) is 0 Å². The van der Waals surface area contributed by atoms with Crippen molar-refractivity contribution in [3.63, 3.8) is 0 Å². The van der Waals surface area contributed by atoms with Crippen molar-refractivity contribution >= 4 is 23.2 Å². The van der Waals surface area contributed by atoms with E-state index in [1.54, 1.807) is 12.1 Å². The summed E-state index contributed by atoms with van der Waals surface area (Å²) in [6, 6.07) is 22.0.